The molecule has 0 saturated carbocycles. The minimum atomic E-state index is -0.504. The molecule has 0 aromatic heterocycles. The minimum Gasteiger partial charge on any atom is -0.289 e. The number of aliphatic imine (C=N–C) groups is 1. The molecule has 1 heterocycles. The van der Waals surface area contributed by atoms with Crippen molar-refractivity contribution in [2.75, 3.05) is 11.7 Å². The highest BCUT2D eigenvalue weighted by Gasteiger charge is 2.35. The summed E-state index contributed by atoms with van der Waals surface area (Å²) in [5, 5.41) is 2.73. The Labute approximate surface area is 138 Å². The molecule has 2 aromatic rings. The van der Waals surface area contributed by atoms with E-state index in [1.165, 1.54) is 16.8 Å². The van der Waals surface area contributed by atoms with Gasteiger partial charge in [-0.1, -0.05) is 59.8 Å². The first-order chi connectivity index (χ1) is 10.7. The van der Waals surface area contributed by atoms with Gasteiger partial charge >= 0.3 is 0 Å². The summed E-state index contributed by atoms with van der Waals surface area (Å²) in [6.45, 7) is 0. The van der Waals surface area contributed by atoms with Gasteiger partial charge in [-0.05, 0) is 30.0 Å². The molecule has 4 nitrogen and oxygen atoms in total. The Bertz CT molecular complexity index is 720. The van der Waals surface area contributed by atoms with E-state index in [-0.39, 0.29) is 5.91 Å². The summed E-state index contributed by atoms with van der Waals surface area (Å²) >= 11 is 7.41. The lowest BCUT2D eigenvalue weighted by Gasteiger charge is -2.20. The van der Waals surface area contributed by atoms with Gasteiger partial charge in [-0.3, -0.25) is 10.2 Å². The highest BCUT2D eigenvalue weighted by atomic mass is 35.5. The lowest BCUT2D eigenvalue weighted by molar-refractivity contribution is -0.126. The van der Waals surface area contributed by atoms with E-state index in [9.17, 15) is 4.79 Å². The second-order valence-corrected chi connectivity index (χ2v) is 5.93. The Balaban J connectivity index is 1.86. The third-order valence-corrected chi connectivity index (χ3v) is 4.14. The summed E-state index contributed by atoms with van der Waals surface area (Å²) in [6, 6.07) is 16.3. The summed E-state index contributed by atoms with van der Waals surface area (Å²) < 4.78 is 0. The zero-order valence-electron chi connectivity index (χ0n) is 11.9. The summed E-state index contributed by atoms with van der Waals surface area (Å²) in [5.74, 6) is -0.101. The molecule has 0 spiro atoms. The number of carbonyl (C=O) groups excluding carboxylic acids is 1. The number of amidine groups is 1. The summed E-state index contributed by atoms with van der Waals surface area (Å²) in [5.41, 5.74) is 4.71. The Morgan fingerprint density at radius 2 is 1.95 bits per heavy atom. The van der Waals surface area contributed by atoms with Gasteiger partial charge in [0.05, 0.1) is 5.69 Å². The molecule has 0 radical (unpaired) electrons. The molecule has 1 unspecified atom stereocenters. The molecule has 6 heteroatoms. The average Bonchev–Trinajstić information content (AvgIpc) is 2.85. The number of rotatable bonds is 3. The number of nitrogens with one attached hydrogen (secondary N) is 1. The molecule has 1 aliphatic rings. The van der Waals surface area contributed by atoms with Gasteiger partial charge in [-0.2, -0.15) is 5.01 Å². The fourth-order valence-corrected chi connectivity index (χ4v) is 2.95. The maximum atomic E-state index is 12.7. The van der Waals surface area contributed by atoms with E-state index in [4.69, 9.17) is 11.6 Å². The fraction of sp³-hybridized carbons (Fsp3) is 0.125. The molecule has 1 amide bonds. The monoisotopic (exact) mass is 331 g/mol. The predicted octanol–water partition coefficient (Wildman–Crippen LogP) is 3.97. The van der Waals surface area contributed by atoms with E-state index in [1.807, 2.05) is 48.7 Å². The van der Waals surface area contributed by atoms with Crippen LogP contribution in [0.2, 0.25) is 5.02 Å². The van der Waals surface area contributed by atoms with Crippen LogP contribution in [0.25, 0.3) is 0 Å². The summed E-state index contributed by atoms with van der Waals surface area (Å²) in [6.07, 6.45) is 1.89. The number of hydrazine groups is 1. The third-order valence-electron chi connectivity index (χ3n) is 3.25. The second kappa shape index (κ2) is 6.42. The Morgan fingerprint density at radius 3 is 2.64 bits per heavy atom. The number of halogens is 1. The Hall–Kier alpha value is -1.98. The molecule has 2 aromatic carbocycles. The highest BCUT2D eigenvalue weighted by molar-refractivity contribution is 8.13. The zero-order chi connectivity index (χ0) is 15.5. The quantitative estimate of drug-likeness (QED) is 0.925. The van der Waals surface area contributed by atoms with Gasteiger partial charge in [0.2, 0.25) is 0 Å². The normalized spacial score (nSPS) is 17.5. The number of nitrogens with zero attached hydrogens (tertiary/aromatic N) is 2. The zero-order valence-corrected chi connectivity index (χ0v) is 13.4. The molecular formula is C16H14ClN3OS. The molecule has 0 saturated heterocycles. The molecule has 1 aliphatic heterocycles. The van der Waals surface area contributed by atoms with Gasteiger partial charge < -0.3 is 0 Å². The molecule has 1 atom stereocenters. The molecule has 0 bridgehead atoms. The highest BCUT2D eigenvalue weighted by Crippen LogP contribution is 2.30. The van der Waals surface area contributed by atoms with Crippen LogP contribution in [0.3, 0.4) is 0 Å². The molecule has 112 valence electrons. The maximum absolute atomic E-state index is 12.7. The molecule has 0 aliphatic carbocycles. The Kier molecular flexibility index (Phi) is 4.36. The van der Waals surface area contributed by atoms with Crippen LogP contribution in [0.5, 0.6) is 0 Å². The number of hydrogen-bond donors (Lipinski definition) is 1. The number of carbonyl (C=O) groups is 1. The van der Waals surface area contributed by atoms with Gasteiger partial charge in [0.1, 0.15) is 0 Å². The van der Waals surface area contributed by atoms with E-state index in [0.717, 1.165) is 11.3 Å². The largest absolute Gasteiger partial charge is 0.289 e. The number of benzene rings is 2. The standard InChI is InChI=1S/C16H14ClN3OS/c1-22-16-18-14(11-6-3-2-4-7-11)15(21)20(16)19-13-9-5-8-12(17)10-13/h2-10,14,19H,1H3. The number of anilines is 1. The van der Waals surface area contributed by atoms with Crippen LogP contribution in [0.1, 0.15) is 11.6 Å². The fourth-order valence-electron chi connectivity index (χ4n) is 2.23. The number of amides is 1. The first-order valence-electron chi connectivity index (χ1n) is 6.72. The first-order valence-corrected chi connectivity index (χ1v) is 8.32. The van der Waals surface area contributed by atoms with Gasteiger partial charge in [0.15, 0.2) is 11.2 Å². The third kappa shape index (κ3) is 2.96. The van der Waals surface area contributed by atoms with Crippen molar-refractivity contribution in [1.29, 1.82) is 0 Å². The van der Waals surface area contributed by atoms with Crippen molar-refractivity contribution < 1.29 is 4.79 Å². The smallest absolute Gasteiger partial charge is 0.276 e. The van der Waals surface area contributed by atoms with Gasteiger partial charge in [-0.25, -0.2) is 4.99 Å². The van der Waals surface area contributed by atoms with Gasteiger partial charge in [0, 0.05) is 5.02 Å². The second-order valence-electron chi connectivity index (χ2n) is 4.72. The molecule has 22 heavy (non-hydrogen) atoms. The van der Waals surface area contributed by atoms with Gasteiger partial charge in [-0.15, -0.1) is 0 Å². The minimum absolute atomic E-state index is 0.101. The van der Waals surface area contributed by atoms with E-state index < -0.39 is 6.04 Å². The van der Waals surface area contributed by atoms with Gasteiger partial charge in [0.25, 0.3) is 5.91 Å². The average molecular weight is 332 g/mol. The predicted molar refractivity (Wildman–Crippen MR) is 92.1 cm³/mol. The van der Waals surface area contributed by atoms with Crippen molar-refractivity contribution in [2.45, 2.75) is 6.04 Å². The number of thioether (sulfide) groups is 1. The van der Waals surface area contributed by atoms with Crippen molar-refractivity contribution in [3.8, 4) is 0 Å². The summed E-state index contributed by atoms with van der Waals surface area (Å²) in [7, 11) is 0. The lowest BCUT2D eigenvalue weighted by atomic mass is 10.1. The van der Waals surface area contributed by atoms with Crippen LogP contribution >= 0.6 is 23.4 Å². The van der Waals surface area contributed by atoms with E-state index >= 15 is 0 Å². The van der Waals surface area contributed by atoms with Crippen molar-refractivity contribution >= 4 is 40.1 Å². The van der Waals surface area contributed by atoms with Crippen LogP contribution in [-0.4, -0.2) is 22.3 Å². The van der Waals surface area contributed by atoms with E-state index in [0.29, 0.717) is 10.2 Å². The molecule has 3 rings (SSSR count). The number of hydrogen-bond acceptors (Lipinski definition) is 4. The van der Waals surface area contributed by atoms with Crippen LogP contribution in [0.15, 0.2) is 59.6 Å². The van der Waals surface area contributed by atoms with Crippen LogP contribution < -0.4 is 5.43 Å². The summed E-state index contributed by atoms with van der Waals surface area (Å²) in [4.78, 5) is 17.2. The maximum Gasteiger partial charge on any atom is 0.276 e. The van der Waals surface area contributed by atoms with Crippen LogP contribution in [0.4, 0.5) is 5.69 Å². The van der Waals surface area contributed by atoms with Crippen molar-refractivity contribution in [3.05, 3.63) is 65.2 Å². The van der Waals surface area contributed by atoms with Crippen molar-refractivity contribution in [2.24, 2.45) is 4.99 Å². The molecule has 1 N–H and O–H groups in total. The molecular weight excluding hydrogens is 318 g/mol. The van der Waals surface area contributed by atoms with Crippen molar-refractivity contribution in [1.82, 2.24) is 5.01 Å². The van der Waals surface area contributed by atoms with E-state index in [1.54, 1.807) is 12.1 Å². The Morgan fingerprint density at radius 1 is 1.18 bits per heavy atom. The SMILES string of the molecule is CSC1=NC(c2ccccc2)C(=O)N1Nc1cccc(Cl)c1. The lowest BCUT2D eigenvalue weighted by Crippen LogP contribution is -2.36. The van der Waals surface area contributed by atoms with E-state index in [2.05, 4.69) is 10.4 Å². The van der Waals surface area contributed by atoms with Crippen LogP contribution in [-0.2, 0) is 4.79 Å². The topological polar surface area (TPSA) is 44.7 Å². The molecule has 0 fully saturated rings. The van der Waals surface area contributed by atoms with Crippen LogP contribution in [0, 0.1) is 0 Å². The van der Waals surface area contributed by atoms with Crippen molar-refractivity contribution in [3.63, 3.8) is 0 Å². The first kappa shape index (κ1) is 14.9.